The van der Waals surface area contributed by atoms with Crippen LogP contribution in [0.4, 0.5) is 0 Å². The van der Waals surface area contributed by atoms with E-state index in [-0.39, 0.29) is 0 Å². The van der Waals surface area contributed by atoms with Crippen LogP contribution in [0.25, 0.3) is 22.3 Å². The predicted molar refractivity (Wildman–Crippen MR) is 90.0 cm³/mol. The molecule has 3 aromatic carbocycles. The SMILES string of the molecule is Clc1ccc(-c2ccc(Br)cc2)c(-c2ccccc2)c1. The molecule has 2 heteroatoms. The molecule has 3 rings (SSSR count). The summed E-state index contributed by atoms with van der Waals surface area (Å²) in [4.78, 5) is 0. The number of hydrogen-bond acceptors (Lipinski definition) is 0. The molecular formula is C18H12BrCl. The minimum absolute atomic E-state index is 0.754. The van der Waals surface area contributed by atoms with Crippen molar-refractivity contribution in [2.45, 2.75) is 0 Å². The van der Waals surface area contributed by atoms with Crippen LogP contribution in [0.1, 0.15) is 0 Å². The average Bonchev–Trinajstić information content (AvgIpc) is 2.49. The summed E-state index contributed by atoms with van der Waals surface area (Å²) in [6.45, 7) is 0. The van der Waals surface area contributed by atoms with E-state index < -0.39 is 0 Å². The Kier molecular flexibility index (Phi) is 3.90. The van der Waals surface area contributed by atoms with Crippen molar-refractivity contribution in [2.75, 3.05) is 0 Å². The maximum absolute atomic E-state index is 6.17. The van der Waals surface area contributed by atoms with Crippen molar-refractivity contribution >= 4 is 27.5 Å². The van der Waals surface area contributed by atoms with Crippen LogP contribution < -0.4 is 0 Å². The zero-order valence-corrected chi connectivity index (χ0v) is 13.0. The van der Waals surface area contributed by atoms with Gasteiger partial charge in [-0.3, -0.25) is 0 Å². The molecule has 0 spiro atoms. The van der Waals surface area contributed by atoms with Gasteiger partial charge < -0.3 is 0 Å². The van der Waals surface area contributed by atoms with Crippen LogP contribution in [0.2, 0.25) is 5.02 Å². The highest BCUT2D eigenvalue weighted by atomic mass is 79.9. The largest absolute Gasteiger partial charge is 0.0843 e. The number of hydrogen-bond donors (Lipinski definition) is 0. The molecule has 0 atom stereocenters. The summed E-state index contributed by atoms with van der Waals surface area (Å²) in [5, 5.41) is 0.754. The van der Waals surface area contributed by atoms with Gasteiger partial charge in [-0.2, -0.15) is 0 Å². The molecule has 3 aromatic rings. The van der Waals surface area contributed by atoms with Crippen LogP contribution >= 0.6 is 27.5 Å². The summed E-state index contributed by atoms with van der Waals surface area (Å²) in [6.07, 6.45) is 0. The van der Waals surface area contributed by atoms with Crippen LogP contribution in [0.3, 0.4) is 0 Å². The van der Waals surface area contributed by atoms with Crippen LogP contribution in [0.15, 0.2) is 77.3 Å². The molecule has 98 valence electrons. The van der Waals surface area contributed by atoms with Crippen LogP contribution in [0, 0.1) is 0 Å². The van der Waals surface area contributed by atoms with Gasteiger partial charge in [0.25, 0.3) is 0 Å². The maximum Gasteiger partial charge on any atom is 0.0412 e. The molecule has 0 radical (unpaired) electrons. The van der Waals surface area contributed by atoms with Crippen molar-refractivity contribution in [1.82, 2.24) is 0 Å². The van der Waals surface area contributed by atoms with E-state index in [9.17, 15) is 0 Å². The maximum atomic E-state index is 6.17. The number of halogens is 2. The summed E-state index contributed by atoms with van der Waals surface area (Å²) >= 11 is 9.64. The Morgan fingerprint density at radius 1 is 0.650 bits per heavy atom. The molecule has 0 heterocycles. The lowest BCUT2D eigenvalue weighted by Gasteiger charge is -2.11. The van der Waals surface area contributed by atoms with Gasteiger partial charge in [-0.15, -0.1) is 0 Å². The lowest BCUT2D eigenvalue weighted by Crippen LogP contribution is -1.85. The first-order valence-electron chi connectivity index (χ1n) is 6.35. The smallest absolute Gasteiger partial charge is 0.0412 e. The van der Waals surface area contributed by atoms with Crippen molar-refractivity contribution in [3.8, 4) is 22.3 Å². The second kappa shape index (κ2) is 5.82. The lowest BCUT2D eigenvalue weighted by molar-refractivity contribution is 1.57. The number of benzene rings is 3. The molecule has 0 fully saturated rings. The third-order valence-electron chi connectivity index (χ3n) is 3.22. The van der Waals surface area contributed by atoms with Crippen molar-refractivity contribution in [3.05, 3.63) is 82.3 Å². The Balaban J connectivity index is 2.19. The van der Waals surface area contributed by atoms with Crippen molar-refractivity contribution in [2.24, 2.45) is 0 Å². The van der Waals surface area contributed by atoms with E-state index in [1.807, 2.05) is 30.3 Å². The molecule has 0 nitrogen and oxygen atoms in total. The van der Waals surface area contributed by atoms with Crippen LogP contribution in [-0.4, -0.2) is 0 Å². The Labute approximate surface area is 132 Å². The molecule has 0 aliphatic heterocycles. The lowest BCUT2D eigenvalue weighted by atomic mass is 9.95. The van der Waals surface area contributed by atoms with E-state index in [4.69, 9.17) is 11.6 Å². The predicted octanol–water partition coefficient (Wildman–Crippen LogP) is 6.44. The van der Waals surface area contributed by atoms with E-state index in [2.05, 4.69) is 58.4 Å². The van der Waals surface area contributed by atoms with E-state index in [0.29, 0.717) is 0 Å². The summed E-state index contributed by atoms with van der Waals surface area (Å²) in [6, 6.07) is 24.7. The zero-order chi connectivity index (χ0) is 13.9. The normalized spacial score (nSPS) is 10.5. The standard InChI is InChI=1S/C18H12BrCl/c19-15-8-6-14(7-9-15)17-11-10-16(20)12-18(17)13-4-2-1-3-5-13/h1-12H. The summed E-state index contributed by atoms with van der Waals surface area (Å²) in [5.74, 6) is 0. The Morgan fingerprint density at radius 3 is 2.00 bits per heavy atom. The first-order chi connectivity index (χ1) is 9.74. The summed E-state index contributed by atoms with van der Waals surface area (Å²) < 4.78 is 1.08. The highest BCUT2D eigenvalue weighted by Crippen LogP contribution is 2.34. The molecule has 0 amide bonds. The molecule has 0 bridgehead atoms. The molecular weight excluding hydrogens is 332 g/mol. The molecule has 20 heavy (non-hydrogen) atoms. The minimum atomic E-state index is 0.754. The monoisotopic (exact) mass is 342 g/mol. The highest BCUT2D eigenvalue weighted by Gasteiger charge is 2.08. The van der Waals surface area contributed by atoms with Crippen molar-refractivity contribution in [1.29, 1.82) is 0 Å². The third-order valence-corrected chi connectivity index (χ3v) is 3.99. The van der Waals surface area contributed by atoms with Gasteiger partial charge in [-0.05, 0) is 46.5 Å². The minimum Gasteiger partial charge on any atom is -0.0843 e. The molecule has 0 saturated heterocycles. The summed E-state index contributed by atoms with van der Waals surface area (Å²) in [5.41, 5.74) is 4.70. The van der Waals surface area contributed by atoms with Gasteiger partial charge in [0.1, 0.15) is 0 Å². The summed E-state index contributed by atoms with van der Waals surface area (Å²) in [7, 11) is 0. The number of rotatable bonds is 2. The molecule has 0 aliphatic rings. The Morgan fingerprint density at radius 2 is 1.30 bits per heavy atom. The van der Waals surface area contributed by atoms with Gasteiger partial charge in [0.2, 0.25) is 0 Å². The van der Waals surface area contributed by atoms with Gasteiger partial charge in [-0.1, -0.05) is 76.1 Å². The quantitative estimate of drug-likeness (QED) is 0.502. The van der Waals surface area contributed by atoms with Crippen LogP contribution in [0.5, 0.6) is 0 Å². The third kappa shape index (κ3) is 2.79. The zero-order valence-electron chi connectivity index (χ0n) is 10.7. The molecule has 0 aliphatic carbocycles. The Bertz CT molecular complexity index is 718. The first kappa shape index (κ1) is 13.4. The van der Waals surface area contributed by atoms with Gasteiger partial charge in [-0.25, -0.2) is 0 Å². The Hall–Kier alpha value is -1.57. The van der Waals surface area contributed by atoms with E-state index in [1.165, 1.54) is 16.7 Å². The van der Waals surface area contributed by atoms with Crippen molar-refractivity contribution in [3.63, 3.8) is 0 Å². The average molecular weight is 344 g/mol. The molecule has 0 aromatic heterocycles. The highest BCUT2D eigenvalue weighted by molar-refractivity contribution is 9.10. The van der Waals surface area contributed by atoms with Gasteiger partial charge in [0.15, 0.2) is 0 Å². The molecule has 0 saturated carbocycles. The van der Waals surface area contributed by atoms with E-state index in [0.717, 1.165) is 15.1 Å². The van der Waals surface area contributed by atoms with E-state index in [1.54, 1.807) is 0 Å². The van der Waals surface area contributed by atoms with E-state index >= 15 is 0 Å². The first-order valence-corrected chi connectivity index (χ1v) is 7.52. The topological polar surface area (TPSA) is 0 Å². The molecule has 0 unspecified atom stereocenters. The fraction of sp³-hybridized carbons (Fsp3) is 0. The fourth-order valence-electron chi connectivity index (χ4n) is 2.25. The second-order valence-corrected chi connectivity index (χ2v) is 5.91. The van der Waals surface area contributed by atoms with Crippen LogP contribution in [-0.2, 0) is 0 Å². The van der Waals surface area contributed by atoms with Gasteiger partial charge in [0, 0.05) is 9.50 Å². The van der Waals surface area contributed by atoms with Crippen molar-refractivity contribution < 1.29 is 0 Å². The fourth-order valence-corrected chi connectivity index (χ4v) is 2.69. The molecule has 0 N–H and O–H groups in total. The van der Waals surface area contributed by atoms with Gasteiger partial charge in [0.05, 0.1) is 0 Å². The van der Waals surface area contributed by atoms with Gasteiger partial charge >= 0.3 is 0 Å². The second-order valence-electron chi connectivity index (χ2n) is 4.56.